The van der Waals surface area contributed by atoms with Crippen molar-refractivity contribution in [1.29, 1.82) is 0 Å². The highest BCUT2D eigenvalue weighted by Crippen LogP contribution is 2.07. The van der Waals surface area contributed by atoms with Crippen LogP contribution in [0.2, 0.25) is 0 Å². The molecule has 0 N–H and O–H groups in total. The zero-order valence-electron chi connectivity index (χ0n) is 8.17. The normalized spacial score (nSPS) is 9.93. The molecular formula is C9H10N2O4. The highest BCUT2D eigenvalue weighted by atomic mass is 16.6. The van der Waals surface area contributed by atoms with Crippen LogP contribution in [0.5, 0.6) is 0 Å². The second-order valence-electron chi connectivity index (χ2n) is 2.94. The third-order valence-corrected chi connectivity index (χ3v) is 1.53. The first-order valence-electron chi connectivity index (χ1n) is 4.27. The molecule has 0 amide bonds. The summed E-state index contributed by atoms with van der Waals surface area (Å²) < 4.78 is 4.98. The van der Waals surface area contributed by atoms with Gasteiger partial charge in [-0.15, -0.1) is 0 Å². The van der Waals surface area contributed by atoms with E-state index < -0.39 is 4.92 Å². The maximum Gasteiger partial charge on any atom is 0.363 e. The lowest BCUT2D eigenvalue weighted by molar-refractivity contribution is -0.389. The summed E-state index contributed by atoms with van der Waals surface area (Å²) in [6.45, 7) is 1.49. The SMILES string of the molecule is CC(=O)COCc1cccc([N+](=O)[O-])n1. The van der Waals surface area contributed by atoms with Gasteiger partial charge in [0.2, 0.25) is 0 Å². The van der Waals surface area contributed by atoms with Gasteiger partial charge in [-0.05, 0) is 29.0 Å². The Morgan fingerprint density at radius 3 is 2.93 bits per heavy atom. The summed E-state index contributed by atoms with van der Waals surface area (Å²) in [7, 11) is 0. The fraction of sp³-hybridized carbons (Fsp3) is 0.333. The predicted octanol–water partition coefficient (Wildman–Crippen LogP) is 1.10. The second kappa shape index (κ2) is 5.16. The molecule has 6 heteroatoms. The topological polar surface area (TPSA) is 82.3 Å². The van der Waals surface area contributed by atoms with Gasteiger partial charge in [0.1, 0.15) is 13.2 Å². The molecule has 0 atom stereocenters. The summed E-state index contributed by atoms with van der Waals surface area (Å²) in [5.41, 5.74) is 0.436. The number of ether oxygens (including phenoxy) is 1. The van der Waals surface area contributed by atoms with Crippen LogP contribution in [0.25, 0.3) is 0 Å². The van der Waals surface area contributed by atoms with Crippen molar-refractivity contribution in [2.75, 3.05) is 6.61 Å². The summed E-state index contributed by atoms with van der Waals surface area (Å²) >= 11 is 0. The monoisotopic (exact) mass is 210 g/mol. The van der Waals surface area contributed by atoms with Gasteiger partial charge in [-0.1, -0.05) is 0 Å². The fourth-order valence-electron chi connectivity index (χ4n) is 0.948. The Kier molecular flexibility index (Phi) is 3.87. The van der Waals surface area contributed by atoms with Gasteiger partial charge in [0, 0.05) is 6.07 Å². The van der Waals surface area contributed by atoms with E-state index >= 15 is 0 Å². The van der Waals surface area contributed by atoms with E-state index in [1.165, 1.54) is 19.1 Å². The van der Waals surface area contributed by atoms with Crippen LogP contribution in [-0.2, 0) is 16.1 Å². The molecule has 0 fully saturated rings. The number of hydrogen-bond donors (Lipinski definition) is 0. The molecule has 0 radical (unpaired) electrons. The minimum atomic E-state index is -0.575. The molecule has 1 heterocycles. The first-order valence-corrected chi connectivity index (χ1v) is 4.27. The Balaban J connectivity index is 2.58. The number of Topliss-reactive ketones (excluding diaryl/α,β-unsaturated/α-hetero) is 1. The smallest absolute Gasteiger partial charge is 0.363 e. The molecule has 15 heavy (non-hydrogen) atoms. The number of rotatable bonds is 5. The van der Waals surface area contributed by atoms with Crippen LogP contribution < -0.4 is 0 Å². The first kappa shape index (κ1) is 11.3. The lowest BCUT2D eigenvalue weighted by Gasteiger charge is -1.98. The lowest BCUT2D eigenvalue weighted by Crippen LogP contribution is -2.05. The Morgan fingerprint density at radius 1 is 1.60 bits per heavy atom. The second-order valence-corrected chi connectivity index (χ2v) is 2.94. The van der Waals surface area contributed by atoms with Crippen molar-refractivity contribution < 1.29 is 14.5 Å². The molecule has 0 aliphatic carbocycles. The van der Waals surface area contributed by atoms with Gasteiger partial charge in [0.05, 0.1) is 0 Å². The number of aromatic nitrogens is 1. The molecule has 0 aliphatic heterocycles. The molecule has 0 aliphatic rings. The maximum atomic E-state index is 10.6. The third kappa shape index (κ3) is 3.82. The highest BCUT2D eigenvalue weighted by molar-refractivity contribution is 5.76. The van der Waals surface area contributed by atoms with Crippen molar-refractivity contribution >= 4 is 11.6 Å². The standard InChI is InChI=1S/C9H10N2O4/c1-7(12)5-15-6-8-3-2-4-9(10-8)11(13)14/h2-4H,5-6H2,1H3. The molecule has 0 saturated carbocycles. The number of nitrogens with zero attached hydrogens (tertiary/aromatic N) is 2. The summed E-state index contributed by atoms with van der Waals surface area (Å²) in [6, 6.07) is 4.43. The van der Waals surface area contributed by atoms with E-state index in [0.29, 0.717) is 5.69 Å². The van der Waals surface area contributed by atoms with Crippen molar-refractivity contribution in [3.8, 4) is 0 Å². The van der Waals surface area contributed by atoms with Gasteiger partial charge in [0.25, 0.3) is 0 Å². The molecule has 0 unspecified atom stereocenters. The number of ketones is 1. The summed E-state index contributed by atoms with van der Waals surface area (Å²) in [5.74, 6) is -0.320. The largest absolute Gasteiger partial charge is 0.365 e. The molecule has 1 rings (SSSR count). The summed E-state index contributed by atoms with van der Waals surface area (Å²) in [6.07, 6.45) is 0. The van der Waals surface area contributed by atoms with Gasteiger partial charge >= 0.3 is 5.82 Å². The van der Waals surface area contributed by atoms with Crippen molar-refractivity contribution in [2.24, 2.45) is 0 Å². The number of pyridine rings is 1. The molecule has 0 bridgehead atoms. The number of hydrogen-bond acceptors (Lipinski definition) is 5. The van der Waals surface area contributed by atoms with Crippen LogP contribution in [0.3, 0.4) is 0 Å². The maximum absolute atomic E-state index is 10.6. The van der Waals surface area contributed by atoms with E-state index in [9.17, 15) is 14.9 Å². The molecule has 6 nitrogen and oxygen atoms in total. The van der Waals surface area contributed by atoms with Crippen molar-refractivity contribution in [2.45, 2.75) is 13.5 Å². The number of nitro groups is 1. The van der Waals surface area contributed by atoms with Crippen LogP contribution >= 0.6 is 0 Å². The van der Waals surface area contributed by atoms with E-state index in [-0.39, 0.29) is 24.8 Å². The van der Waals surface area contributed by atoms with Crippen LogP contribution in [0.1, 0.15) is 12.6 Å². The molecule has 1 aromatic heterocycles. The lowest BCUT2D eigenvalue weighted by atomic mass is 10.3. The van der Waals surface area contributed by atoms with Gasteiger partial charge in [-0.3, -0.25) is 4.79 Å². The minimum absolute atomic E-state index is 0.00955. The van der Waals surface area contributed by atoms with Crippen LogP contribution in [0, 0.1) is 10.1 Å². The number of carbonyl (C=O) groups is 1. The van der Waals surface area contributed by atoms with Crippen LogP contribution in [0.15, 0.2) is 18.2 Å². The van der Waals surface area contributed by atoms with E-state index in [4.69, 9.17) is 4.74 Å². The summed E-state index contributed by atoms with van der Waals surface area (Å²) in [4.78, 5) is 24.1. The molecule has 1 aromatic rings. The van der Waals surface area contributed by atoms with Crippen LogP contribution in [0.4, 0.5) is 5.82 Å². The average Bonchev–Trinajstić information content (AvgIpc) is 2.17. The third-order valence-electron chi connectivity index (χ3n) is 1.53. The quantitative estimate of drug-likeness (QED) is 0.536. The predicted molar refractivity (Wildman–Crippen MR) is 51.2 cm³/mol. The van der Waals surface area contributed by atoms with Crippen molar-refractivity contribution in [3.05, 3.63) is 34.0 Å². The minimum Gasteiger partial charge on any atom is -0.365 e. The molecular weight excluding hydrogens is 200 g/mol. The highest BCUT2D eigenvalue weighted by Gasteiger charge is 2.09. The van der Waals surface area contributed by atoms with Gasteiger partial charge in [0.15, 0.2) is 11.5 Å². The Hall–Kier alpha value is -1.82. The van der Waals surface area contributed by atoms with Crippen molar-refractivity contribution in [1.82, 2.24) is 4.98 Å². The zero-order chi connectivity index (χ0) is 11.3. The number of carbonyl (C=O) groups excluding carboxylic acids is 1. The first-order chi connectivity index (χ1) is 7.09. The molecule has 0 saturated heterocycles. The van der Waals surface area contributed by atoms with E-state index in [1.54, 1.807) is 6.07 Å². The molecule has 80 valence electrons. The van der Waals surface area contributed by atoms with E-state index in [1.807, 2.05) is 0 Å². The van der Waals surface area contributed by atoms with Gasteiger partial charge in [-0.25, -0.2) is 0 Å². The van der Waals surface area contributed by atoms with E-state index in [2.05, 4.69) is 4.98 Å². The van der Waals surface area contributed by atoms with Gasteiger partial charge in [-0.2, -0.15) is 0 Å². The fourth-order valence-corrected chi connectivity index (χ4v) is 0.948. The average molecular weight is 210 g/mol. The molecule has 0 aromatic carbocycles. The molecule has 0 spiro atoms. The summed E-state index contributed by atoms with van der Waals surface area (Å²) in [5, 5.41) is 10.4. The van der Waals surface area contributed by atoms with Crippen molar-refractivity contribution in [3.63, 3.8) is 0 Å². The van der Waals surface area contributed by atoms with Crippen LogP contribution in [-0.4, -0.2) is 22.3 Å². The van der Waals surface area contributed by atoms with E-state index in [0.717, 1.165) is 0 Å². The van der Waals surface area contributed by atoms with Gasteiger partial charge < -0.3 is 14.9 Å². The zero-order valence-corrected chi connectivity index (χ0v) is 8.17. The Morgan fingerprint density at radius 2 is 2.33 bits per heavy atom. The Bertz CT molecular complexity index is 378. The Labute approximate surface area is 86.0 Å².